The number of rotatable bonds is 5. The van der Waals surface area contributed by atoms with Crippen molar-refractivity contribution in [2.45, 2.75) is 18.9 Å². The van der Waals surface area contributed by atoms with Crippen molar-refractivity contribution in [2.75, 3.05) is 5.73 Å². The Kier molecular flexibility index (Phi) is 4.89. The van der Waals surface area contributed by atoms with Gasteiger partial charge in [-0.2, -0.15) is 0 Å². The molecule has 0 radical (unpaired) electrons. The SMILES string of the molecule is NNC(Cc1cnccc1N)Cc1ccc(F)cc1Cl. The molecule has 4 nitrogen and oxygen atoms in total. The number of nitrogens with one attached hydrogen (secondary N) is 1. The molecule has 2 aromatic rings. The van der Waals surface area contributed by atoms with E-state index < -0.39 is 0 Å². The number of nitrogen functional groups attached to an aromatic ring is 1. The van der Waals surface area contributed by atoms with Gasteiger partial charge in [0.2, 0.25) is 0 Å². The van der Waals surface area contributed by atoms with E-state index in [4.69, 9.17) is 23.2 Å². The number of nitrogens with zero attached hydrogens (tertiary/aromatic N) is 1. The molecule has 0 bridgehead atoms. The predicted molar refractivity (Wildman–Crippen MR) is 78.6 cm³/mol. The summed E-state index contributed by atoms with van der Waals surface area (Å²) in [7, 11) is 0. The first-order chi connectivity index (χ1) is 9.60. The second-order valence-electron chi connectivity index (χ2n) is 4.58. The van der Waals surface area contributed by atoms with E-state index in [1.807, 2.05) is 0 Å². The Morgan fingerprint density at radius 1 is 1.25 bits per heavy atom. The highest BCUT2D eigenvalue weighted by Crippen LogP contribution is 2.20. The van der Waals surface area contributed by atoms with Gasteiger partial charge in [0.15, 0.2) is 0 Å². The van der Waals surface area contributed by atoms with E-state index in [1.165, 1.54) is 12.1 Å². The van der Waals surface area contributed by atoms with E-state index in [0.29, 0.717) is 23.6 Å². The lowest BCUT2D eigenvalue weighted by Gasteiger charge is -2.17. The summed E-state index contributed by atoms with van der Waals surface area (Å²) >= 11 is 6.02. The van der Waals surface area contributed by atoms with Gasteiger partial charge >= 0.3 is 0 Å². The van der Waals surface area contributed by atoms with Crippen molar-refractivity contribution in [3.8, 4) is 0 Å². The first kappa shape index (κ1) is 14.7. The predicted octanol–water partition coefficient (Wildman–Crippen LogP) is 2.07. The fourth-order valence-corrected chi connectivity index (χ4v) is 2.26. The highest BCUT2D eigenvalue weighted by molar-refractivity contribution is 6.31. The van der Waals surface area contributed by atoms with Crippen LogP contribution in [0.25, 0.3) is 0 Å². The van der Waals surface area contributed by atoms with Crippen LogP contribution in [0.4, 0.5) is 10.1 Å². The largest absolute Gasteiger partial charge is 0.398 e. The van der Waals surface area contributed by atoms with Crippen molar-refractivity contribution in [1.29, 1.82) is 0 Å². The Bertz CT molecular complexity index is 591. The third-order valence-corrected chi connectivity index (χ3v) is 3.48. The Morgan fingerprint density at radius 2 is 2.00 bits per heavy atom. The fraction of sp³-hybridized carbons (Fsp3) is 0.214. The van der Waals surface area contributed by atoms with Crippen LogP contribution >= 0.6 is 11.6 Å². The van der Waals surface area contributed by atoms with Gasteiger partial charge in [0.25, 0.3) is 0 Å². The lowest BCUT2D eigenvalue weighted by Crippen LogP contribution is -2.38. The number of anilines is 1. The van der Waals surface area contributed by atoms with Crippen LogP contribution in [0.5, 0.6) is 0 Å². The van der Waals surface area contributed by atoms with Gasteiger partial charge in [-0.1, -0.05) is 17.7 Å². The lowest BCUT2D eigenvalue weighted by atomic mass is 9.99. The molecule has 1 atom stereocenters. The zero-order chi connectivity index (χ0) is 14.5. The van der Waals surface area contributed by atoms with Crippen LogP contribution in [0.2, 0.25) is 5.02 Å². The van der Waals surface area contributed by atoms with E-state index in [0.717, 1.165) is 11.1 Å². The van der Waals surface area contributed by atoms with Crippen LogP contribution in [0.3, 0.4) is 0 Å². The summed E-state index contributed by atoms with van der Waals surface area (Å²) in [6.07, 6.45) is 4.54. The second-order valence-corrected chi connectivity index (χ2v) is 4.99. The molecule has 106 valence electrons. The maximum atomic E-state index is 13.0. The third kappa shape index (κ3) is 3.66. The normalized spacial score (nSPS) is 12.3. The molecule has 0 saturated carbocycles. The molecular weight excluding hydrogens is 279 g/mol. The minimum atomic E-state index is -0.354. The molecule has 0 spiro atoms. The van der Waals surface area contributed by atoms with E-state index in [-0.39, 0.29) is 11.9 Å². The second kappa shape index (κ2) is 6.65. The van der Waals surface area contributed by atoms with Crippen molar-refractivity contribution in [3.63, 3.8) is 0 Å². The summed E-state index contributed by atoms with van der Waals surface area (Å²) in [5.41, 5.74) is 11.0. The minimum absolute atomic E-state index is 0.0653. The van der Waals surface area contributed by atoms with Crippen molar-refractivity contribution < 1.29 is 4.39 Å². The van der Waals surface area contributed by atoms with Crippen LogP contribution in [-0.2, 0) is 12.8 Å². The number of hydrazine groups is 1. The summed E-state index contributed by atoms with van der Waals surface area (Å²) in [5.74, 6) is 5.22. The summed E-state index contributed by atoms with van der Waals surface area (Å²) < 4.78 is 13.0. The van der Waals surface area contributed by atoms with Gasteiger partial charge < -0.3 is 5.73 Å². The Balaban J connectivity index is 2.11. The number of halogens is 2. The van der Waals surface area contributed by atoms with E-state index >= 15 is 0 Å². The highest BCUT2D eigenvalue weighted by Gasteiger charge is 2.13. The van der Waals surface area contributed by atoms with Gasteiger partial charge in [0.05, 0.1) is 0 Å². The number of pyridine rings is 1. The molecule has 6 heteroatoms. The van der Waals surface area contributed by atoms with Gasteiger partial charge in [-0.25, -0.2) is 4.39 Å². The molecule has 1 aromatic carbocycles. The van der Waals surface area contributed by atoms with Crippen LogP contribution in [-0.4, -0.2) is 11.0 Å². The molecule has 5 N–H and O–H groups in total. The molecule has 0 aliphatic carbocycles. The topological polar surface area (TPSA) is 77.0 Å². The van der Waals surface area contributed by atoms with Gasteiger partial charge in [0, 0.05) is 29.1 Å². The number of benzene rings is 1. The van der Waals surface area contributed by atoms with Crippen molar-refractivity contribution in [2.24, 2.45) is 5.84 Å². The van der Waals surface area contributed by atoms with Crippen molar-refractivity contribution in [1.82, 2.24) is 10.4 Å². The monoisotopic (exact) mass is 294 g/mol. The maximum absolute atomic E-state index is 13.0. The quantitative estimate of drug-likeness (QED) is 0.583. The average Bonchev–Trinajstić information content (AvgIpc) is 2.43. The molecule has 1 heterocycles. The van der Waals surface area contributed by atoms with Gasteiger partial charge in [-0.05, 0) is 42.2 Å². The van der Waals surface area contributed by atoms with Crippen LogP contribution in [0.15, 0.2) is 36.7 Å². The molecule has 0 fully saturated rings. The number of aromatic nitrogens is 1. The number of hydrogen-bond acceptors (Lipinski definition) is 4. The third-order valence-electron chi connectivity index (χ3n) is 3.12. The zero-order valence-corrected chi connectivity index (χ0v) is 11.6. The van der Waals surface area contributed by atoms with E-state index in [9.17, 15) is 4.39 Å². The summed E-state index contributed by atoms with van der Waals surface area (Å²) in [5, 5.41) is 0.393. The molecule has 1 unspecified atom stereocenters. The summed E-state index contributed by atoms with van der Waals surface area (Å²) in [6.45, 7) is 0. The molecule has 1 aromatic heterocycles. The minimum Gasteiger partial charge on any atom is -0.398 e. The Hall–Kier alpha value is -1.69. The molecule has 20 heavy (non-hydrogen) atoms. The standard InChI is InChI=1S/C14H16ClFN4/c15-13-7-11(16)2-1-9(13)5-12(20-18)6-10-8-19-4-3-14(10)17/h1-4,7-8,12,20H,5-6,18H2,(H2,17,19). The summed E-state index contributed by atoms with van der Waals surface area (Å²) in [4.78, 5) is 4.04. The molecule has 0 aliphatic heterocycles. The van der Waals surface area contributed by atoms with Crippen molar-refractivity contribution >= 4 is 17.3 Å². The first-order valence-corrected chi connectivity index (χ1v) is 6.56. The smallest absolute Gasteiger partial charge is 0.124 e. The van der Waals surface area contributed by atoms with Gasteiger partial charge in [-0.3, -0.25) is 16.3 Å². The van der Waals surface area contributed by atoms with Gasteiger partial charge in [0.1, 0.15) is 5.82 Å². The Labute approximate surface area is 121 Å². The van der Waals surface area contributed by atoms with Crippen LogP contribution in [0, 0.1) is 5.82 Å². The van der Waals surface area contributed by atoms with E-state index in [2.05, 4.69) is 10.4 Å². The van der Waals surface area contributed by atoms with Crippen molar-refractivity contribution in [3.05, 3.63) is 58.6 Å². The first-order valence-electron chi connectivity index (χ1n) is 6.18. The maximum Gasteiger partial charge on any atom is 0.124 e. The van der Waals surface area contributed by atoms with E-state index in [1.54, 1.807) is 24.5 Å². The molecule has 0 amide bonds. The number of hydrogen-bond donors (Lipinski definition) is 3. The highest BCUT2D eigenvalue weighted by atomic mass is 35.5. The molecule has 0 saturated heterocycles. The Morgan fingerprint density at radius 3 is 2.65 bits per heavy atom. The number of nitrogens with two attached hydrogens (primary N) is 2. The lowest BCUT2D eigenvalue weighted by molar-refractivity contribution is 0.522. The van der Waals surface area contributed by atoms with Gasteiger partial charge in [-0.15, -0.1) is 0 Å². The van der Waals surface area contributed by atoms with Crippen LogP contribution < -0.4 is 17.0 Å². The molecule has 0 aliphatic rings. The molecular formula is C14H16ClFN4. The summed E-state index contributed by atoms with van der Waals surface area (Å²) in [6, 6.07) is 6.02. The zero-order valence-electron chi connectivity index (χ0n) is 10.8. The molecule has 2 rings (SSSR count). The fourth-order valence-electron chi connectivity index (χ4n) is 2.02. The van der Waals surface area contributed by atoms with Crippen LogP contribution in [0.1, 0.15) is 11.1 Å². The average molecular weight is 295 g/mol.